The van der Waals surface area contributed by atoms with Crippen LogP contribution in [0.2, 0.25) is 0 Å². The Balaban J connectivity index is 2.34. The molecule has 0 aliphatic heterocycles. The van der Waals surface area contributed by atoms with E-state index in [1.807, 2.05) is 13.8 Å². The predicted octanol–water partition coefficient (Wildman–Crippen LogP) is 2.69. The predicted molar refractivity (Wildman–Crippen MR) is 80.8 cm³/mol. The van der Waals surface area contributed by atoms with Crippen molar-refractivity contribution in [3.63, 3.8) is 0 Å². The van der Waals surface area contributed by atoms with Crippen molar-refractivity contribution < 1.29 is 14.7 Å². The fourth-order valence-corrected chi connectivity index (χ4v) is 2.38. The van der Waals surface area contributed by atoms with Crippen LogP contribution < -0.4 is 5.73 Å². The third-order valence-corrected chi connectivity index (χ3v) is 3.40. The topological polar surface area (TPSA) is 92.8 Å². The molecule has 0 spiro atoms. The van der Waals surface area contributed by atoms with Gasteiger partial charge < -0.3 is 10.8 Å². The van der Waals surface area contributed by atoms with E-state index in [0.29, 0.717) is 18.5 Å². The molecule has 110 valence electrons. The monoisotopic (exact) mass is 286 g/mol. The Morgan fingerprint density at radius 2 is 2.00 bits per heavy atom. The number of carbonyl (C=O) groups is 2. The van der Waals surface area contributed by atoms with Gasteiger partial charge in [0, 0.05) is 19.1 Å². The van der Waals surface area contributed by atoms with Crippen LogP contribution in [-0.4, -0.2) is 23.0 Å². The van der Waals surface area contributed by atoms with Crippen LogP contribution in [0.5, 0.6) is 0 Å². The van der Waals surface area contributed by atoms with Gasteiger partial charge in [-0.05, 0) is 17.5 Å². The summed E-state index contributed by atoms with van der Waals surface area (Å²) in [6, 6.07) is 6.60. The van der Waals surface area contributed by atoms with Gasteiger partial charge in [-0.2, -0.15) is 0 Å². The van der Waals surface area contributed by atoms with E-state index in [9.17, 15) is 14.7 Å². The van der Waals surface area contributed by atoms with Gasteiger partial charge in [0.2, 0.25) is 0 Å². The van der Waals surface area contributed by atoms with E-state index in [-0.39, 0.29) is 28.1 Å². The molecule has 0 heterocycles. The fraction of sp³-hybridized carbons (Fsp3) is 0.312. The molecule has 0 unspecified atom stereocenters. The van der Waals surface area contributed by atoms with E-state index in [1.165, 1.54) is 6.21 Å². The number of allylic oxidation sites excluding steroid dienone is 2. The van der Waals surface area contributed by atoms with E-state index in [2.05, 4.69) is 4.99 Å². The lowest BCUT2D eigenvalue weighted by Gasteiger charge is -2.28. The summed E-state index contributed by atoms with van der Waals surface area (Å²) in [5.41, 5.74) is 5.88. The van der Waals surface area contributed by atoms with Gasteiger partial charge in [-0.1, -0.05) is 26.0 Å². The van der Waals surface area contributed by atoms with Crippen molar-refractivity contribution in [2.75, 3.05) is 0 Å². The number of rotatable bonds is 3. The number of aliphatic hydroxyl groups excluding tert-OH is 1. The summed E-state index contributed by atoms with van der Waals surface area (Å²) < 4.78 is 0. The molecule has 1 aliphatic rings. The Labute approximate surface area is 123 Å². The maximum atomic E-state index is 12.1. The number of primary amides is 1. The Bertz CT molecular complexity index is 657. The smallest absolute Gasteiger partial charge is 0.250 e. The van der Waals surface area contributed by atoms with E-state index in [4.69, 9.17) is 5.73 Å². The summed E-state index contributed by atoms with van der Waals surface area (Å²) >= 11 is 0. The van der Waals surface area contributed by atoms with Gasteiger partial charge >= 0.3 is 0 Å². The molecule has 1 aromatic carbocycles. The minimum atomic E-state index is -0.586. The second kappa shape index (κ2) is 5.52. The molecule has 0 atom stereocenters. The molecule has 1 aromatic rings. The third-order valence-electron chi connectivity index (χ3n) is 3.40. The number of hydrogen-bond donors (Lipinski definition) is 2. The molecule has 0 fully saturated rings. The zero-order valence-corrected chi connectivity index (χ0v) is 12.1. The Morgan fingerprint density at radius 1 is 1.33 bits per heavy atom. The lowest BCUT2D eigenvalue weighted by molar-refractivity contribution is -0.117. The zero-order valence-electron chi connectivity index (χ0n) is 12.1. The van der Waals surface area contributed by atoms with Crippen molar-refractivity contribution in [3.05, 3.63) is 41.2 Å². The van der Waals surface area contributed by atoms with E-state index in [0.717, 1.165) is 0 Å². The molecule has 3 N–H and O–H groups in total. The first-order valence-electron chi connectivity index (χ1n) is 6.68. The number of carbonyl (C=O) groups excluding carboxylic acids is 2. The maximum absolute atomic E-state index is 12.1. The quantitative estimate of drug-likeness (QED) is 0.836. The molecule has 5 nitrogen and oxygen atoms in total. The molecular weight excluding hydrogens is 268 g/mol. The number of aliphatic imine (C=N–C) groups is 1. The number of aliphatic hydroxyl groups is 1. The Hall–Kier alpha value is -2.43. The van der Waals surface area contributed by atoms with Crippen molar-refractivity contribution in [1.29, 1.82) is 0 Å². The summed E-state index contributed by atoms with van der Waals surface area (Å²) in [5, 5.41) is 10.0. The van der Waals surface area contributed by atoms with E-state index < -0.39 is 5.91 Å². The highest BCUT2D eigenvalue weighted by Gasteiger charge is 2.32. The highest BCUT2D eigenvalue weighted by atomic mass is 16.3. The molecular formula is C16H18N2O3. The van der Waals surface area contributed by atoms with E-state index in [1.54, 1.807) is 24.3 Å². The van der Waals surface area contributed by atoms with Gasteiger partial charge in [0.05, 0.1) is 16.8 Å². The number of benzene rings is 1. The highest BCUT2D eigenvalue weighted by Crippen LogP contribution is 2.35. The molecule has 2 rings (SSSR count). The number of nitrogens with zero attached hydrogens (tertiary/aromatic N) is 1. The van der Waals surface area contributed by atoms with Crippen LogP contribution in [-0.2, 0) is 4.79 Å². The fourth-order valence-electron chi connectivity index (χ4n) is 2.38. The van der Waals surface area contributed by atoms with Gasteiger partial charge in [0.1, 0.15) is 5.76 Å². The first kappa shape index (κ1) is 15.0. The van der Waals surface area contributed by atoms with Crippen molar-refractivity contribution in [2.24, 2.45) is 16.1 Å². The van der Waals surface area contributed by atoms with Crippen molar-refractivity contribution >= 4 is 23.6 Å². The van der Waals surface area contributed by atoms with Crippen LogP contribution in [0.1, 0.15) is 37.0 Å². The molecule has 1 amide bonds. The van der Waals surface area contributed by atoms with Gasteiger partial charge in [-0.15, -0.1) is 0 Å². The first-order valence-corrected chi connectivity index (χ1v) is 6.68. The second-order valence-electron chi connectivity index (χ2n) is 5.94. The van der Waals surface area contributed by atoms with Crippen LogP contribution in [0.4, 0.5) is 5.69 Å². The van der Waals surface area contributed by atoms with Crippen LogP contribution >= 0.6 is 0 Å². The van der Waals surface area contributed by atoms with Crippen molar-refractivity contribution in [3.8, 4) is 0 Å². The summed E-state index contributed by atoms with van der Waals surface area (Å²) in [6.45, 7) is 3.86. The normalized spacial score (nSPS) is 18.3. The summed E-state index contributed by atoms with van der Waals surface area (Å²) in [6.07, 6.45) is 2.10. The van der Waals surface area contributed by atoms with E-state index >= 15 is 0 Å². The molecule has 1 aliphatic carbocycles. The average Bonchev–Trinajstić information content (AvgIpc) is 2.36. The van der Waals surface area contributed by atoms with Crippen molar-refractivity contribution in [1.82, 2.24) is 0 Å². The van der Waals surface area contributed by atoms with Gasteiger partial charge in [-0.25, -0.2) is 0 Å². The maximum Gasteiger partial charge on any atom is 0.250 e. The lowest BCUT2D eigenvalue weighted by Crippen LogP contribution is -2.26. The molecule has 0 bridgehead atoms. The van der Waals surface area contributed by atoms with Crippen LogP contribution in [0.15, 0.2) is 40.6 Å². The molecule has 0 saturated carbocycles. The SMILES string of the molecule is CC1(C)CC(=O)C(C=Nc2ccccc2C(N)=O)=C(O)C1. The number of nitrogens with two attached hydrogens (primary N) is 1. The second-order valence-corrected chi connectivity index (χ2v) is 5.94. The Morgan fingerprint density at radius 3 is 2.62 bits per heavy atom. The highest BCUT2D eigenvalue weighted by molar-refractivity contribution is 6.15. The number of para-hydroxylation sites is 1. The molecule has 0 radical (unpaired) electrons. The number of amides is 1. The summed E-state index contributed by atoms with van der Waals surface area (Å²) in [4.78, 5) is 27.5. The van der Waals surface area contributed by atoms with Crippen LogP contribution in [0.3, 0.4) is 0 Å². The molecule has 21 heavy (non-hydrogen) atoms. The largest absolute Gasteiger partial charge is 0.511 e. The van der Waals surface area contributed by atoms with Crippen molar-refractivity contribution in [2.45, 2.75) is 26.7 Å². The van der Waals surface area contributed by atoms with Crippen LogP contribution in [0, 0.1) is 5.41 Å². The molecule has 5 heteroatoms. The molecule has 0 aromatic heterocycles. The zero-order chi connectivity index (χ0) is 15.6. The van der Waals surface area contributed by atoms with Crippen LogP contribution in [0.25, 0.3) is 0 Å². The lowest BCUT2D eigenvalue weighted by atomic mass is 9.77. The first-order chi connectivity index (χ1) is 9.80. The van der Waals surface area contributed by atoms with Gasteiger partial charge in [0.25, 0.3) is 5.91 Å². The molecule has 0 saturated heterocycles. The third kappa shape index (κ3) is 3.37. The number of ketones is 1. The minimum absolute atomic E-state index is 0.0385. The van der Waals surface area contributed by atoms with Gasteiger partial charge in [0.15, 0.2) is 5.78 Å². The average molecular weight is 286 g/mol. The summed E-state index contributed by atoms with van der Waals surface area (Å²) in [5.74, 6) is -0.697. The standard InChI is InChI=1S/C16H18N2O3/c1-16(2)7-13(19)11(14(20)8-16)9-18-12-6-4-3-5-10(12)15(17)21/h3-6,9,19H,7-8H2,1-2H3,(H2,17,21). The Kier molecular flexibility index (Phi) is 3.93. The number of Topliss-reactive ketones (excluding diaryl/α,β-unsaturated/α-hetero) is 1. The summed E-state index contributed by atoms with van der Waals surface area (Å²) in [7, 11) is 0. The van der Waals surface area contributed by atoms with Gasteiger partial charge in [-0.3, -0.25) is 14.6 Å². The minimum Gasteiger partial charge on any atom is -0.511 e. The number of hydrogen-bond acceptors (Lipinski definition) is 4.